The molecule has 1 aliphatic rings. The van der Waals surface area contributed by atoms with Gasteiger partial charge < -0.3 is 15.2 Å². The number of likely N-dealkylation sites (N-methyl/N-ethyl adjacent to an activating group) is 1. The number of aromatic amines is 1. The van der Waals surface area contributed by atoms with Gasteiger partial charge in [-0.25, -0.2) is 4.98 Å². The number of rotatable bonds is 3. The Balaban J connectivity index is 1.89. The number of amides is 1. The molecule has 5 nitrogen and oxygen atoms in total. The largest absolute Gasteiger partial charge is 0.342 e. The van der Waals surface area contributed by atoms with Crippen molar-refractivity contribution >= 4 is 22.6 Å². The third-order valence-corrected chi connectivity index (χ3v) is 3.51. The van der Waals surface area contributed by atoms with Gasteiger partial charge in [0.15, 0.2) is 0 Å². The van der Waals surface area contributed by atoms with Crippen molar-refractivity contribution in [3.63, 3.8) is 0 Å². The Bertz CT molecular complexity index is 619. The van der Waals surface area contributed by atoms with Crippen molar-refractivity contribution in [3.8, 4) is 0 Å². The van der Waals surface area contributed by atoms with E-state index in [2.05, 4.69) is 22.2 Å². The van der Waals surface area contributed by atoms with E-state index in [1.807, 2.05) is 30.0 Å². The third-order valence-electron chi connectivity index (χ3n) is 3.51. The van der Waals surface area contributed by atoms with Crippen molar-refractivity contribution in [3.05, 3.63) is 24.0 Å². The summed E-state index contributed by atoms with van der Waals surface area (Å²) in [5, 5.41) is 3.33. The highest BCUT2D eigenvalue weighted by atomic mass is 16.2. The van der Waals surface area contributed by atoms with Crippen LogP contribution in [0.2, 0.25) is 0 Å². The lowest BCUT2D eigenvalue weighted by atomic mass is 10.2. The second-order valence-electron chi connectivity index (χ2n) is 4.99. The minimum atomic E-state index is 0.182. The zero-order chi connectivity index (χ0) is 13.4. The number of aromatic nitrogens is 2. The van der Waals surface area contributed by atoms with Crippen LogP contribution < -0.4 is 10.2 Å². The van der Waals surface area contributed by atoms with Crippen LogP contribution in [0.5, 0.6) is 0 Å². The van der Waals surface area contributed by atoms with E-state index < -0.39 is 0 Å². The normalized spacial score (nSPS) is 19.6. The van der Waals surface area contributed by atoms with E-state index in [0.29, 0.717) is 6.42 Å². The molecule has 1 unspecified atom stereocenters. The van der Waals surface area contributed by atoms with Gasteiger partial charge in [-0.15, -0.1) is 0 Å². The number of carbonyl (C=O) groups excluding carboxylic acids is 1. The van der Waals surface area contributed by atoms with Gasteiger partial charge in [0.25, 0.3) is 0 Å². The topological polar surface area (TPSA) is 61.0 Å². The van der Waals surface area contributed by atoms with Crippen molar-refractivity contribution in [2.24, 2.45) is 0 Å². The van der Waals surface area contributed by atoms with E-state index in [1.165, 1.54) is 0 Å². The van der Waals surface area contributed by atoms with Gasteiger partial charge >= 0.3 is 0 Å². The average molecular weight is 258 g/mol. The van der Waals surface area contributed by atoms with Gasteiger partial charge in [-0.05, 0) is 31.7 Å². The molecule has 1 aromatic heterocycles. The van der Waals surface area contributed by atoms with Crippen LogP contribution in [-0.4, -0.2) is 35.0 Å². The van der Waals surface area contributed by atoms with Crippen LogP contribution in [0.4, 0.5) is 5.69 Å². The fourth-order valence-electron chi connectivity index (χ4n) is 2.68. The molecule has 2 heterocycles. The Morgan fingerprint density at radius 2 is 2.37 bits per heavy atom. The molecule has 0 radical (unpaired) electrons. The van der Waals surface area contributed by atoms with Crippen molar-refractivity contribution in [2.45, 2.75) is 26.3 Å². The van der Waals surface area contributed by atoms with E-state index in [-0.39, 0.29) is 11.9 Å². The molecule has 1 amide bonds. The molecular formula is C14H18N4O. The number of benzene rings is 1. The Kier molecular flexibility index (Phi) is 2.98. The highest BCUT2D eigenvalue weighted by Crippen LogP contribution is 2.25. The van der Waals surface area contributed by atoms with Gasteiger partial charge in [-0.2, -0.15) is 0 Å². The average Bonchev–Trinajstić information content (AvgIpc) is 2.90. The van der Waals surface area contributed by atoms with E-state index in [9.17, 15) is 4.79 Å². The van der Waals surface area contributed by atoms with Crippen molar-refractivity contribution in [1.82, 2.24) is 15.3 Å². The highest BCUT2D eigenvalue weighted by molar-refractivity contribution is 5.97. The lowest BCUT2D eigenvalue weighted by Crippen LogP contribution is -2.32. The van der Waals surface area contributed by atoms with Crippen molar-refractivity contribution in [1.29, 1.82) is 0 Å². The van der Waals surface area contributed by atoms with Crippen LogP contribution in [0.1, 0.15) is 19.2 Å². The minimum absolute atomic E-state index is 0.182. The van der Waals surface area contributed by atoms with Crippen LogP contribution >= 0.6 is 0 Å². The molecule has 0 aliphatic carbocycles. The predicted molar refractivity (Wildman–Crippen MR) is 75.3 cm³/mol. The lowest BCUT2D eigenvalue weighted by Gasteiger charge is -2.17. The molecule has 19 heavy (non-hydrogen) atoms. The summed E-state index contributed by atoms with van der Waals surface area (Å²) in [5.41, 5.74) is 2.87. The standard InChI is InChI=1S/C14H18N4O/c1-3-15-10-6-14(19)18(8-10)11-4-5-12-13(7-11)17-9(2)16-12/h4-5,7,10,15H,3,6,8H2,1-2H3,(H,16,17). The number of fused-ring (bicyclic) bond motifs is 1. The molecule has 1 aromatic carbocycles. The molecule has 3 rings (SSSR count). The molecule has 0 bridgehead atoms. The Morgan fingerprint density at radius 3 is 3.16 bits per heavy atom. The van der Waals surface area contributed by atoms with E-state index in [0.717, 1.165) is 35.6 Å². The van der Waals surface area contributed by atoms with E-state index in [1.54, 1.807) is 0 Å². The predicted octanol–water partition coefficient (Wildman–Crippen LogP) is 1.59. The molecule has 5 heteroatoms. The molecular weight excluding hydrogens is 240 g/mol. The van der Waals surface area contributed by atoms with E-state index in [4.69, 9.17) is 0 Å². The number of H-pyrrole nitrogens is 1. The van der Waals surface area contributed by atoms with Crippen LogP contribution in [0.25, 0.3) is 11.0 Å². The summed E-state index contributed by atoms with van der Waals surface area (Å²) in [4.78, 5) is 21.5. The van der Waals surface area contributed by atoms with Crippen LogP contribution in [0.15, 0.2) is 18.2 Å². The van der Waals surface area contributed by atoms with Gasteiger partial charge in [0.05, 0.1) is 11.0 Å². The molecule has 100 valence electrons. The van der Waals surface area contributed by atoms with Gasteiger partial charge in [0.1, 0.15) is 5.82 Å². The van der Waals surface area contributed by atoms with Crippen LogP contribution in [-0.2, 0) is 4.79 Å². The molecule has 2 aromatic rings. The maximum atomic E-state index is 12.1. The molecule has 1 atom stereocenters. The Hall–Kier alpha value is -1.88. The number of aryl methyl sites for hydroxylation is 1. The summed E-state index contributed by atoms with van der Waals surface area (Å²) < 4.78 is 0. The fraction of sp³-hybridized carbons (Fsp3) is 0.429. The molecule has 1 aliphatic heterocycles. The third kappa shape index (κ3) is 2.21. The zero-order valence-corrected chi connectivity index (χ0v) is 11.2. The van der Waals surface area contributed by atoms with Crippen LogP contribution in [0, 0.1) is 6.92 Å². The summed E-state index contributed by atoms with van der Waals surface area (Å²) in [6, 6.07) is 6.19. The summed E-state index contributed by atoms with van der Waals surface area (Å²) in [7, 11) is 0. The minimum Gasteiger partial charge on any atom is -0.342 e. The molecule has 0 saturated carbocycles. The number of hydrogen-bond donors (Lipinski definition) is 2. The monoisotopic (exact) mass is 258 g/mol. The van der Waals surface area contributed by atoms with Crippen molar-refractivity contribution in [2.75, 3.05) is 18.0 Å². The molecule has 1 saturated heterocycles. The number of nitrogens with zero attached hydrogens (tertiary/aromatic N) is 2. The first-order valence-electron chi connectivity index (χ1n) is 6.67. The first-order chi connectivity index (χ1) is 9.17. The van der Waals surface area contributed by atoms with Gasteiger partial charge in [-0.3, -0.25) is 4.79 Å². The zero-order valence-electron chi connectivity index (χ0n) is 11.2. The number of hydrogen-bond acceptors (Lipinski definition) is 3. The van der Waals surface area contributed by atoms with Gasteiger partial charge in [-0.1, -0.05) is 6.92 Å². The molecule has 0 spiro atoms. The number of nitrogens with one attached hydrogen (secondary N) is 2. The highest BCUT2D eigenvalue weighted by Gasteiger charge is 2.30. The smallest absolute Gasteiger partial charge is 0.228 e. The quantitative estimate of drug-likeness (QED) is 0.878. The fourth-order valence-corrected chi connectivity index (χ4v) is 2.68. The first-order valence-corrected chi connectivity index (χ1v) is 6.67. The molecule has 1 fully saturated rings. The maximum Gasteiger partial charge on any atom is 0.228 e. The summed E-state index contributed by atoms with van der Waals surface area (Å²) >= 11 is 0. The summed E-state index contributed by atoms with van der Waals surface area (Å²) in [5.74, 6) is 1.08. The number of imidazole rings is 1. The second-order valence-corrected chi connectivity index (χ2v) is 4.99. The maximum absolute atomic E-state index is 12.1. The number of carbonyl (C=O) groups is 1. The molecule has 2 N–H and O–H groups in total. The lowest BCUT2D eigenvalue weighted by molar-refractivity contribution is -0.117. The Labute approximate surface area is 112 Å². The van der Waals surface area contributed by atoms with E-state index >= 15 is 0 Å². The Morgan fingerprint density at radius 1 is 1.53 bits per heavy atom. The summed E-state index contributed by atoms with van der Waals surface area (Å²) in [6.45, 7) is 5.63. The van der Waals surface area contributed by atoms with Crippen molar-refractivity contribution < 1.29 is 4.79 Å². The van der Waals surface area contributed by atoms with Gasteiger partial charge in [0, 0.05) is 24.7 Å². The number of anilines is 1. The van der Waals surface area contributed by atoms with Crippen LogP contribution in [0.3, 0.4) is 0 Å². The second kappa shape index (κ2) is 4.66. The first kappa shape index (κ1) is 12.2. The van der Waals surface area contributed by atoms with Gasteiger partial charge in [0.2, 0.25) is 5.91 Å². The SMILES string of the molecule is CCNC1CC(=O)N(c2ccc3nc(C)[nH]c3c2)C1. The summed E-state index contributed by atoms with van der Waals surface area (Å²) in [6.07, 6.45) is 0.577.